The molecule has 5 nitrogen and oxygen atoms in total. The van der Waals surface area contributed by atoms with Gasteiger partial charge in [-0.1, -0.05) is 0 Å². The third kappa shape index (κ3) is 2.18. The Morgan fingerprint density at radius 1 is 1.58 bits per heavy atom. The Kier molecular flexibility index (Phi) is 2.56. The molecule has 0 aliphatic rings. The van der Waals surface area contributed by atoms with Crippen LogP contribution in [0.3, 0.4) is 0 Å². The van der Waals surface area contributed by atoms with Crippen LogP contribution in [-0.4, -0.2) is 29.1 Å². The molecule has 1 rings (SSSR count). The van der Waals surface area contributed by atoms with E-state index in [9.17, 15) is 0 Å². The number of hydrogen-bond donors (Lipinski definition) is 1. The zero-order chi connectivity index (χ0) is 8.97. The molecule has 62 valence electrons. The van der Waals surface area contributed by atoms with Gasteiger partial charge in [0.15, 0.2) is 0 Å². The van der Waals surface area contributed by atoms with E-state index >= 15 is 0 Å². The predicted octanol–water partition coefficient (Wildman–Crippen LogP) is 0.237. The van der Waals surface area contributed by atoms with E-state index in [4.69, 9.17) is 5.26 Å². The van der Waals surface area contributed by atoms with Gasteiger partial charge in [-0.05, 0) is 0 Å². The molecule has 0 bridgehead atoms. The lowest BCUT2D eigenvalue weighted by atomic mass is 10.5. The smallest absolute Gasteiger partial charge is 0.234 e. The van der Waals surface area contributed by atoms with E-state index in [-0.39, 0.29) is 5.82 Å². The first-order valence-corrected chi connectivity index (χ1v) is 3.39. The van der Waals surface area contributed by atoms with Crippen LogP contribution < -0.4 is 5.43 Å². The summed E-state index contributed by atoms with van der Waals surface area (Å²) in [5.41, 5.74) is 2.91. The van der Waals surface area contributed by atoms with Crippen LogP contribution in [0.4, 0.5) is 5.82 Å². The molecule has 0 aliphatic carbocycles. The average molecular weight is 163 g/mol. The normalized spacial score (nSPS) is 9.50. The molecular weight excluding hydrogens is 154 g/mol. The molecule has 1 aromatic rings. The molecule has 1 N–H and O–H groups in total. The number of nitrogens with zero attached hydrogens (tertiary/aromatic N) is 4. The third-order valence-electron chi connectivity index (χ3n) is 1.09. The molecule has 1 heterocycles. The molecule has 0 unspecified atom stereocenters. The second-order valence-electron chi connectivity index (χ2n) is 2.38. The highest BCUT2D eigenvalue weighted by Gasteiger charge is 1.96. The Morgan fingerprint density at radius 3 is 2.92 bits per heavy atom. The first-order chi connectivity index (χ1) is 5.72. The minimum Gasteiger partial charge on any atom is -0.303 e. The molecule has 0 fully saturated rings. The summed E-state index contributed by atoms with van der Waals surface area (Å²) in [5, 5.41) is 10.2. The highest BCUT2D eigenvalue weighted by atomic mass is 15.5. The minimum atomic E-state index is 0.168. The number of anilines is 1. The van der Waals surface area contributed by atoms with Gasteiger partial charge in [0.05, 0.1) is 0 Å². The summed E-state index contributed by atoms with van der Waals surface area (Å²) in [6.45, 7) is 0. The van der Waals surface area contributed by atoms with Crippen molar-refractivity contribution in [2.24, 2.45) is 0 Å². The average Bonchev–Trinajstić information content (AvgIpc) is 2.03. The number of nitrogens with one attached hydrogen (secondary N) is 1. The maximum atomic E-state index is 8.48. The highest BCUT2D eigenvalue weighted by Crippen LogP contribution is 2.00. The quantitative estimate of drug-likeness (QED) is 0.632. The Labute approximate surface area is 70.6 Å². The molecule has 1 aromatic heterocycles. The van der Waals surface area contributed by atoms with Crippen molar-refractivity contribution in [3.8, 4) is 6.07 Å². The van der Waals surface area contributed by atoms with Gasteiger partial charge in [-0.3, -0.25) is 0 Å². The molecular formula is C7H9N5. The Balaban J connectivity index is 2.81. The highest BCUT2D eigenvalue weighted by molar-refractivity contribution is 5.33. The molecule has 0 radical (unpaired) electrons. The lowest BCUT2D eigenvalue weighted by molar-refractivity contribution is 0.492. The van der Waals surface area contributed by atoms with Crippen molar-refractivity contribution in [2.45, 2.75) is 0 Å². The largest absolute Gasteiger partial charge is 0.303 e. The summed E-state index contributed by atoms with van der Waals surface area (Å²) in [6.07, 6.45) is 1.54. The summed E-state index contributed by atoms with van der Waals surface area (Å²) < 4.78 is 0. The molecule has 0 saturated heterocycles. The number of aromatic nitrogens is 2. The zero-order valence-corrected chi connectivity index (χ0v) is 6.94. The Morgan fingerprint density at radius 2 is 2.33 bits per heavy atom. The Hall–Kier alpha value is -1.67. The van der Waals surface area contributed by atoms with Crippen LogP contribution in [0.2, 0.25) is 0 Å². The summed E-state index contributed by atoms with van der Waals surface area (Å²) >= 11 is 0. The van der Waals surface area contributed by atoms with Gasteiger partial charge < -0.3 is 5.43 Å². The SMILES string of the molecule is CN(C)Nc1ccnc(C#N)n1. The van der Waals surface area contributed by atoms with Crippen LogP contribution in [-0.2, 0) is 0 Å². The summed E-state index contributed by atoms with van der Waals surface area (Å²) in [5.74, 6) is 0.786. The van der Waals surface area contributed by atoms with E-state index in [1.807, 2.05) is 20.2 Å². The maximum absolute atomic E-state index is 8.48. The van der Waals surface area contributed by atoms with E-state index in [1.165, 1.54) is 6.20 Å². The van der Waals surface area contributed by atoms with Crippen LogP contribution >= 0.6 is 0 Å². The maximum Gasteiger partial charge on any atom is 0.234 e. The topological polar surface area (TPSA) is 64.8 Å². The van der Waals surface area contributed by atoms with E-state index in [0.29, 0.717) is 5.82 Å². The summed E-state index contributed by atoms with van der Waals surface area (Å²) in [6, 6.07) is 3.56. The molecule has 0 spiro atoms. The van der Waals surface area contributed by atoms with Gasteiger partial charge >= 0.3 is 0 Å². The lowest BCUT2D eigenvalue weighted by Crippen LogP contribution is -2.20. The van der Waals surface area contributed by atoms with Gasteiger partial charge in [0.1, 0.15) is 11.9 Å². The molecule has 5 heteroatoms. The predicted molar refractivity (Wildman–Crippen MR) is 44.1 cm³/mol. The molecule has 0 aromatic carbocycles. The van der Waals surface area contributed by atoms with Crippen molar-refractivity contribution in [3.05, 3.63) is 18.1 Å². The van der Waals surface area contributed by atoms with Crippen molar-refractivity contribution >= 4 is 5.82 Å². The van der Waals surface area contributed by atoms with Gasteiger partial charge in [-0.15, -0.1) is 0 Å². The molecule has 0 atom stereocenters. The van der Waals surface area contributed by atoms with Crippen molar-refractivity contribution in [2.75, 3.05) is 19.5 Å². The van der Waals surface area contributed by atoms with Crippen LogP contribution in [0.25, 0.3) is 0 Å². The third-order valence-corrected chi connectivity index (χ3v) is 1.09. The number of hydrazine groups is 1. The zero-order valence-electron chi connectivity index (χ0n) is 6.94. The van der Waals surface area contributed by atoms with E-state index in [0.717, 1.165) is 0 Å². The first kappa shape index (κ1) is 8.43. The van der Waals surface area contributed by atoms with E-state index in [2.05, 4.69) is 15.4 Å². The lowest BCUT2D eigenvalue weighted by Gasteiger charge is -2.11. The van der Waals surface area contributed by atoms with Gasteiger partial charge in [0, 0.05) is 26.4 Å². The van der Waals surface area contributed by atoms with Crippen LogP contribution in [0.1, 0.15) is 5.82 Å². The molecule has 0 saturated carbocycles. The summed E-state index contributed by atoms with van der Waals surface area (Å²) in [7, 11) is 3.68. The van der Waals surface area contributed by atoms with Crippen LogP contribution in [0, 0.1) is 11.3 Å². The second-order valence-corrected chi connectivity index (χ2v) is 2.38. The van der Waals surface area contributed by atoms with Crippen molar-refractivity contribution in [3.63, 3.8) is 0 Å². The van der Waals surface area contributed by atoms with Gasteiger partial charge in [-0.25, -0.2) is 15.0 Å². The van der Waals surface area contributed by atoms with Crippen molar-refractivity contribution in [1.82, 2.24) is 15.0 Å². The number of rotatable bonds is 2. The summed E-state index contributed by atoms with van der Waals surface area (Å²) in [4.78, 5) is 7.64. The second kappa shape index (κ2) is 3.64. The first-order valence-electron chi connectivity index (χ1n) is 3.39. The van der Waals surface area contributed by atoms with Crippen molar-refractivity contribution in [1.29, 1.82) is 5.26 Å². The van der Waals surface area contributed by atoms with Crippen LogP contribution in [0.15, 0.2) is 12.3 Å². The van der Waals surface area contributed by atoms with Gasteiger partial charge in [-0.2, -0.15) is 5.26 Å². The Bertz CT molecular complexity index is 301. The van der Waals surface area contributed by atoms with Crippen molar-refractivity contribution < 1.29 is 0 Å². The monoisotopic (exact) mass is 163 g/mol. The van der Waals surface area contributed by atoms with Crippen LogP contribution in [0.5, 0.6) is 0 Å². The number of nitriles is 1. The molecule has 12 heavy (non-hydrogen) atoms. The van der Waals surface area contributed by atoms with Gasteiger partial charge in [0.25, 0.3) is 0 Å². The fourth-order valence-electron chi connectivity index (χ4n) is 0.704. The molecule has 0 aliphatic heterocycles. The molecule has 0 amide bonds. The van der Waals surface area contributed by atoms with E-state index < -0.39 is 0 Å². The van der Waals surface area contributed by atoms with Gasteiger partial charge in [0.2, 0.25) is 5.82 Å². The standard InChI is InChI=1S/C7H9N5/c1-12(2)11-6-3-4-9-7(5-8)10-6/h3-4H,1-2H3,(H,9,10,11). The number of hydrogen-bond acceptors (Lipinski definition) is 5. The van der Waals surface area contributed by atoms with E-state index in [1.54, 1.807) is 11.1 Å². The fourth-order valence-corrected chi connectivity index (χ4v) is 0.704. The minimum absolute atomic E-state index is 0.168. The fraction of sp³-hybridized carbons (Fsp3) is 0.286.